The lowest BCUT2D eigenvalue weighted by Crippen LogP contribution is -2.29. The van der Waals surface area contributed by atoms with Crippen molar-refractivity contribution in [2.45, 2.75) is 39.2 Å². The van der Waals surface area contributed by atoms with Gasteiger partial charge in [-0.15, -0.1) is 0 Å². The Morgan fingerprint density at radius 2 is 2.33 bits per heavy atom. The zero-order valence-electron chi connectivity index (χ0n) is 8.18. The second kappa shape index (κ2) is 3.90. The fraction of sp³-hybridized carbons (Fsp3) is 0.889. The summed E-state index contributed by atoms with van der Waals surface area (Å²) in [5.74, 6) is 0. The van der Waals surface area contributed by atoms with E-state index in [1.54, 1.807) is 0 Å². The van der Waals surface area contributed by atoms with Crippen LogP contribution in [0.25, 0.3) is 0 Å². The van der Waals surface area contributed by atoms with Crippen LogP contribution in [0.1, 0.15) is 33.6 Å². The smallest absolute Gasteiger partial charge is 0.102 e. The van der Waals surface area contributed by atoms with Gasteiger partial charge in [0.2, 0.25) is 0 Å². The summed E-state index contributed by atoms with van der Waals surface area (Å²) in [5, 5.41) is 4.31. The van der Waals surface area contributed by atoms with Gasteiger partial charge in [-0.3, -0.25) is 0 Å². The Morgan fingerprint density at radius 3 is 2.83 bits per heavy atom. The molecule has 1 rings (SSSR count). The summed E-state index contributed by atoms with van der Waals surface area (Å²) in [4.78, 5) is 0. The molecule has 3 heteroatoms. The molecule has 1 saturated heterocycles. The normalized spacial score (nSPS) is 24.8. The van der Waals surface area contributed by atoms with Gasteiger partial charge in [-0.25, -0.2) is 0 Å². The van der Waals surface area contributed by atoms with Crippen LogP contribution in [0.4, 0.5) is 0 Å². The second-order valence-corrected chi connectivity index (χ2v) is 3.58. The van der Waals surface area contributed by atoms with E-state index in [0.717, 1.165) is 31.7 Å². The Kier molecular flexibility index (Phi) is 3.09. The minimum Gasteiger partial charge on any atom is -0.369 e. The van der Waals surface area contributed by atoms with Crippen LogP contribution in [0.2, 0.25) is 0 Å². The number of nitrogens with zero attached hydrogens (tertiary/aromatic N) is 1. The Morgan fingerprint density at radius 1 is 1.58 bits per heavy atom. The number of rotatable bonds is 3. The highest BCUT2D eigenvalue weighted by molar-refractivity contribution is 5.93. The third kappa shape index (κ3) is 2.21. The van der Waals surface area contributed by atoms with Crippen molar-refractivity contribution in [3.8, 4) is 0 Å². The SMILES string of the molecule is CCCN/N=C1/CCOC1(C)C. The predicted octanol–water partition coefficient (Wildman–Crippen LogP) is 1.54. The minimum absolute atomic E-state index is 0.152. The van der Waals surface area contributed by atoms with E-state index >= 15 is 0 Å². The molecule has 70 valence electrons. The first-order chi connectivity index (χ1) is 5.67. The maximum absolute atomic E-state index is 5.51. The topological polar surface area (TPSA) is 33.6 Å². The standard InChI is InChI=1S/C9H18N2O/c1-4-6-10-11-8-5-7-12-9(8,2)3/h10H,4-7H2,1-3H3/b11-8-. The highest BCUT2D eigenvalue weighted by atomic mass is 16.5. The maximum Gasteiger partial charge on any atom is 0.102 e. The molecular formula is C9H18N2O. The fourth-order valence-electron chi connectivity index (χ4n) is 1.24. The van der Waals surface area contributed by atoms with Crippen LogP contribution in [-0.4, -0.2) is 24.5 Å². The number of ether oxygens (including phenoxy) is 1. The van der Waals surface area contributed by atoms with Crippen molar-refractivity contribution < 1.29 is 4.74 Å². The number of hydrogen-bond donors (Lipinski definition) is 1. The third-order valence-electron chi connectivity index (χ3n) is 2.07. The van der Waals surface area contributed by atoms with Crippen molar-refractivity contribution in [1.29, 1.82) is 0 Å². The summed E-state index contributed by atoms with van der Waals surface area (Å²) in [6, 6.07) is 0. The van der Waals surface area contributed by atoms with Gasteiger partial charge in [-0.1, -0.05) is 6.92 Å². The van der Waals surface area contributed by atoms with E-state index in [2.05, 4.69) is 31.3 Å². The Labute approximate surface area is 74.2 Å². The molecule has 12 heavy (non-hydrogen) atoms. The number of nitrogens with one attached hydrogen (secondary N) is 1. The average Bonchev–Trinajstić information content (AvgIpc) is 2.32. The first kappa shape index (κ1) is 9.52. The van der Waals surface area contributed by atoms with E-state index in [4.69, 9.17) is 4.74 Å². The third-order valence-corrected chi connectivity index (χ3v) is 2.07. The molecule has 0 unspecified atom stereocenters. The van der Waals surface area contributed by atoms with Gasteiger partial charge in [0.15, 0.2) is 0 Å². The van der Waals surface area contributed by atoms with Gasteiger partial charge in [0.05, 0.1) is 12.3 Å². The van der Waals surface area contributed by atoms with Gasteiger partial charge in [-0.05, 0) is 20.3 Å². The monoisotopic (exact) mass is 170 g/mol. The molecule has 0 bridgehead atoms. The van der Waals surface area contributed by atoms with Gasteiger partial charge in [-0.2, -0.15) is 5.10 Å². The zero-order chi connectivity index (χ0) is 9.03. The summed E-state index contributed by atoms with van der Waals surface area (Å²) in [7, 11) is 0. The number of hydrazone groups is 1. The molecule has 3 nitrogen and oxygen atoms in total. The molecule has 0 atom stereocenters. The van der Waals surface area contributed by atoms with Gasteiger partial charge in [0.1, 0.15) is 5.60 Å². The summed E-state index contributed by atoms with van der Waals surface area (Å²) in [6.07, 6.45) is 2.07. The van der Waals surface area contributed by atoms with Gasteiger partial charge >= 0.3 is 0 Å². The highest BCUT2D eigenvalue weighted by Crippen LogP contribution is 2.21. The van der Waals surface area contributed by atoms with Crippen LogP contribution >= 0.6 is 0 Å². The molecule has 1 fully saturated rings. The van der Waals surface area contributed by atoms with Crippen molar-refractivity contribution in [1.82, 2.24) is 5.43 Å². The molecule has 0 aromatic heterocycles. The molecule has 1 aliphatic heterocycles. The largest absolute Gasteiger partial charge is 0.369 e. The summed E-state index contributed by atoms with van der Waals surface area (Å²) in [6.45, 7) is 8.00. The van der Waals surface area contributed by atoms with Crippen molar-refractivity contribution in [3.63, 3.8) is 0 Å². The average molecular weight is 170 g/mol. The van der Waals surface area contributed by atoms with Crippen molar-refractivity contribution in [2.24, 2.45) is 5.10 Å². The molecule has 0 spiro atoms. The van der Waals surface area contributed by atoms with Gasteiger partial charge in [0.25, 0.3) is 0 Å². The van der Waals surface area contributed by atoms with Crippen molar-refractivity contribution in [3.05, 3.63) is 0 Å². The molecule has 1 heterocycles. The Bertz CT molecular complexity index is 175. The van der Waals surface area contributed by atoms with E-state index < -0.39 is 0 Å². The van der Waals surface area contributed by atoms with Crippen LogP contribution in [0, 0.1) is 0 Å². The molecule has 1 N–H and O–H groups in total. The lowest BCUT2D eigenvalue weighted by Gasteiger charge is -2.17. The van der Waals surface area contributed by atoms with Crippen LogP contribution in [-0.2, 0) is 4.74 Å². The lowest BCUT2D eigenvalue weighted by atomic mass is 10.0. The van der Waals surface area contributed by atoms with E-state index in [1.807, 2.05) is 0 Å². The van der Waals surface area contributed by atoms with E-state index in [-0.39, 0.29) is 5.60 Å². The first-order valence-corrected chi connectivity index (χ1v) is 4.60. The Balaban J connectivity index is 2.44. The molecule has 0 saturated carbocycles. The maximum atomic E-state index is 5.51. The molecule has 0 aromatic carbocycles. The number of hydrogen-bond acceptors (Lipinski definition) is 3. The molecule has 0 aromatic rings. The van der Waals surface area contributed by atoms with E-state index in [1.165, 1.54) is 0 Å². The van der Waals surface area contributed by atoms with E-state index in [9.17, 15) is 0 Å². The minimum atomic E-state index is -0.152. The van der Waals surface area contributed by atoms with E-state index in [0.29, 0.717) is 0 Å². The highest BCUT2D eigenvalue weighted by Gasteiger charge is 2.31. The molecule has 1 aliphatic rings. The van der Waals surface area contributed by atoms with Gasteiger partial charge in [0, 0.05) is 13.0 Å². The predicted molar refractivity (Wildman–Crippen MR) is 50.4 cm³/mol. The zero-order valence-corrected chi connectivity index (χ0v) is 8.18. The molecule has 0 amide bonds. The van der Waals surface area contributed by atoms with Crippen molar-refractivity contribution in [2.75, 3.05) is 13.2 Å². The second-order valence-electron chi connectivity index (χ2n) is 3.58. The van der Waals surface area contributed by atoms with Crippen molar-refractivity contribution >= 4 is 5.71 Å². The van der Waals surface area contributed by atoms with Crippen LogP contribution < -0.4 is 5.43 Å². The fourth-order valence-corrected chi connectivity index (χ4v) is 1.24. The van der Waals surface area contributed by atoms with Crippen LogP contribution in [0.5, 0.6) is 0 Å². The van der Waals surface area contributed by atoms with Crippen LogP contribution in [0.3, 0.4) is 0 Å². The summed E-state index contributed by atoms with van der Waals surface area (Å²) >= 11 is 0. The van der Waals surface area contributed by atoms with Crippen LogP contribution in [0.15, 0.2) is 5.10 Å². The summed E-state index contributed by atoms with van der Waals surface area (Å²) < 4.78 is 5.51. The molecule has 0 aliphatic carbocycles. The van der Waals surface area contributed by atoms with Gasteiger partial charge < -0.3 is 10.2 Å². The molecular weight excluding hydrogens is 152 g/mol. The quantitative estimate of drug-likeness (QED) is 0.515. The summed E-state index contributed by atoms with van der Waals surface area (Å²) in [5.41, 5.74) is 4.02. The lowest BCUT2D eigenvalue weighted by molar-refractivity contribution is 0.0678. The molecule has 0 radical (unpaired) electrons. The Hall–Kier alpha value is -0.570. The first-order valence-electron chi connectivity index (χ1n) is 4.60.